The number of rotatable bonds is 6. The monoisotopic (exact) mass is 733 g/mol. The molecule has 1 aromatic heterocycles. The van der Waals surface area contributed by atoms with Crippen molar-refractivity contribution < 1.29 is 46.9 Å². The molecule has 3 nitrogen and oxygen atoms in total. The van der Waals surface area contributed by atoms with Crippen molar-refractivity contribution in [3.8, 4) is 44.8 Å². The zero-order valence-electron chi connectivity index (χ0n) is 58.6. The molecule has 0 saturated carbocycles. The van der Waals surface area contributed by atoms with Crippen LogP contribution in [0.15, 0.2) is 198 Å². The van der Waals surface area contributed by atoms with Gasteiger partial charge in [0.15, 0.2) is 5.58 Å². The summed E-state index contributed by atoms with van der Waals surface area (Å²) in [5, 5.41) is -2.29. The van der Waals surface area contributed by atoms with Gasteiger partial charge in [-0.3, -0.25) is 0 Å². The fourth-order valence-corrected chi connectivity index (χ4v) is 6.26. The highest BCUT2D eigenvalue weighted by molar-refractivity contribution is 6.01. The fourth-order valence-electron chi connectivity index (χ4n) is 6.26. The average Bonchev–Trinajstić information content (AvgIpc) is 1.39. The van der Waals surface area contributed by atoms with Crippen LogP contribution in [0.25, 0.3) is 77.5 Å². The molecular formula is C52H34N2O. The highest BCUT2D eigenvalue weighted by Gasteiger charge is 2.28. The van der Waals surface area contributed by atoms with E-state index in [2.05, 4.69) is 4.98 Å². The number of hydrogen-bond acceptors (Lipinski definition) is 3. The SMILES string of the molecule is [2H]c1c([2H])c([2H])c(-c2nc3c([2H])c(-c4c([2H])c5c(c(N(c6cc([2H])c7c([2H])c([2H])c([2H])c([2H])c7c6[2H])c6c([2H])c([2H])c(-c7c([2H])c([2H])c([2H])c([2H])c7[2H])c([2H])c6[2H])c4[2H])-c4c(c([2H])c6c([2H])c([2H])c([2H])c([2H])c6c4[2H])C5)c([2H])c([2H])c3o2)c([2H])c1[2H]. The van der Waals surface area contributed by atoms with Gasteiger partial charge in [-0.15, -0.1) is 0 Å². The molecule has 0 unspecified atom stereocenters. The minimum absolute atomic E-state index is 0.265. The number of oxazole rings is 1. The van der Waals surface area contributed by atoms with Gasteiger partial charge in [0, 0.05) is 22.5 Å². The molecule has 10 aromatic rings. The number of aromatic nitrogens is 1. The summed E-state index contributed by atoms with van der Waals surface area (Å²) < 4.78 is 286. The van der Waals surface area contributed by atoms with Crippen LogP contribution in [0.2, 0.25) is 0 Å². The summed E-state index contributed by atoms with van der Waals surface area (Å²) in [5.41, 5.74) is -9.60. The van der Waals surface area contributed by atoms with Crippen molar-refractivity contribution in [3.63, 3.8) is 0 Å². The van der Waals surface area contributed by atoms with Crippen LogP contribution in [0.4, 0.5) is 17.1 Å². The molecule has 1 aliphatic carbocycles. The fraction of sp³-hybridized carbons (Fsp3) is 0.0192. The lowest BCUT2D eigenvalue weighted by molar-refractivity contribution is 0.620. The van der Waals surface area contributed by atoms with Crippen molar-refractivity contribution in [1.29, 1.82) is 0 Å². The molecule has 0 saturated heterocycles. The maximum atomic E-state index is 10.5. The second-order valence-corrected chi connectivity index (χ2v) is 11.9. The first kappa shape index (κ1) is 13.3. The summed E-state index contributed by atoms with van der Waals surface area (Å²) in [6.07, 6.45) is -0.687. The average molecular weight is 734 g/mol. The van der Waals surface area contributed by atoms with E-state index >= 15 is 0 Å². The van der Waals surface area contributed by atoms with Crippen LogP contribution in [-0.4, -0.2) is 4.98 Å². The Balaban J connectivity index is 1.37. The highest BCUT2D eigenvalue weighted by atomic mass is 16.3. The second-order valence-electron chi connectivity index (χ2n) is 11.9. The zero-order valence-corrected chi connectivity index (χ0v) is 27.6. The molecule has 1 aliphatic rings. The summed E-state index contributed by atoms with van der Waals surface area (Å²) in [7, 11) is 0. The number of nitrogens with zero attached hydrogens (tertiary/aromatic N) is 2. The third kappa shape index (κ3) is 5.48. The Morgan fingerprint density at radius 2 is 1.11 bits per heavy atom. The molecule has 1 heterocycles. The maximum absolute atomic E-state index is 10.5. The Hall–Kier alpha value is -7.23. The number of fused-ring (bicyclic) bond motifs is 6. The van der Waals surface area contributed by atoms with E-state index in [9.17, 15) is 17.8 Å². The van der Waals surface area contributed by atoms with Gasteiger partial charge in [0.05, 0.1) is 48.2 Å². The minimum atomic E-state index is -1.20. The molecular weight excluding hydrogens is 669 g/mol. The Bertz CT molecular complexity index is 4790. The molecule has 0 fully saturated rings. The first-order chi connectivity index (χ1) is 40.2. The predicted molar refractivity (Wildman–Crippen MR) is 228 cm³/mol. The van der Waals surface area contributed by atoms with Crippen LogP contribution in [0.3, 0.4) is 0 Å². The van der Waals surface area contributed by atoms with Crippen LogP contribution in [0, 0.1) is 0 Å². The molecule has 0 atom stereocenters. The van der Waals surface area contributed by atoms with Crippen molar-refractivity contribution in [3.05, 3.63) is 205 Å². The first-order valence-corrected chi connectivity index (χ1v) is 16.3. The smallest absolute Gasteiger partial charge is 0.227 e. The molecule has 9 aromatic carbocycles. The standard InChI is InChI=1S/C52H34N2O/c1-3-11-34(12-4-1)36-19-23-45(24-20-36)54(46-25-21-35-13-7-8-17-39(35)30-46)49-33-42(28-44-29-43-27-38-16-9-10-18-40(38)31-47(43)51(44)49)41-22-26-50-48(32-41)53-52(55-50)37-14-5-2-6-15-37/h1-28,30-33H,29H2/i1D,2D,3D,4D,5D,6D,7D,8D,9D,10D,11D,12D,13D,14D,15D,16D,17D,18D,19D,20D,21D,22D,23D,24D,26D,27D,28D,30D,31D,32D,33D. The molecule has 0 amide bonds. The van der Waals surface area contributed by atoms with Crippen molar-refractivity contribution in [2.75, 3.05) is 4.90 Å². The summed E-state index contributed by atoms with van der Waals surface area (Å²) in [4.78, 5) is 4.88. The molecule has 11 rings (SSSR count). The van der Waals surface area contributed by atoms with Gasteiger partial charge in [-0.2, -0.15) is 0 Å². The van der Waals surface area contributed by atoms with E-state index < -0.39 is 288 Å². The Labute approximate surface area is 363 Å². The molecule has 0 aliphatic heterocycles. The Kier molecular flexibility index (Phi) is 3.07. The van der Waals surface area contributed by atoms with Gasteiger partial charge in [0.25, 0.3) is 0 Å². The van der Waals surface area contributed by atoms with Gasteiger partial charge in [0.1, 0.15) is 5.52 Å². The van der Waals surface area contributed by atoms with Crippen LogP contribution in [0.5, 0.6) is 0 Å². The Morgan fingerprint density at radius 1 is 0.473 bits per heavy atom. The third-order valence-electron chi connectivity index (χ3n) is 8.66. The molecule has 258 valence electrons. The quantitative estimate of drug-likeness (QED) is 0.170. The van der Waals surface area contributed by atoms with Gasteiger partial charge in [-0.05, 0) is 127 Å². The largest absolute Gasteiger partial charge is 0.436 e. The lowest BCUT2D eigenvalue weighted by Gasteiger charge is -2.29. The zero-order chi connectivity index (χ0) is 63.3. The summed E-state index contributed by atoms with van der Waals surface area (Å²) in [5.74, 6) is -0.727. The molecule has 0 bridgehead atoms. The second kappa shape index (κ2) is 12.7. The lowest BCUT2D eigenvalue weighted by atomic mass is 9.94. The normalized spacial score (nSPS) is 19.8. The highest BCUT2D eigenvalue weighted by Crippen LogP contribution is 2.50. The van der Waals surface area contributed by atoms with E-state index in [-0.39, 0.29) is 11.1 Å². The Morgan fingerprint density at radius 3 is 1.87 bits per heavy atom. The van der Waals surface area contributed by atoms with E-state index in [1.807, 2.05) is 0 Å². The number of hydrogen-bond donors (Lipinski definition) is 0. The molecule has 0 radical (unpaired) electrons. The molecule has 3 heteroatoms. The van der Waals surface area contributed by atoms with Gasteiger partial charge in [-0.25, -0.2) is 4.98 Å². The van der Waals surface area contributed by atoms with Crippen LogP contribution in [0.1, 0.15) is 53.6 Å². The first-order valence-electron chi connectivity index (χ1n) is 31.8. The van der Waals surface area contributed by atoms with Crippen molar-refractivity contribution in [1.82, 2.24) is 4.98 Å². The number of benzene rings is 9. The van der Waals surface area contributed by atoms with E-state index in [0.717, 1.165) is 6.07 Å². The van der Waals surface area contributed by atoms with E-state index in [1.165, 1.54) is 0 Å². The predicted octanol–water partition coefficient (Wildman–Crippen LogP) is 14.2. The third-order valence-corrected chi connectivity index (χ3v) is 8.66. The van der Waals surface area contributed by atoms with Crippen molar-refractivity contribution in [2.24, 2.45) is 0 Å². The van der Waals surface area contributed by atoms with E-state index in [0.29, 0.717) is 4.90 Å². The summed E-state index contributed by atoms with van der Waals surface area (Å²) in [6.45, 7) is 0. The molecule has 0 spiro atoms. The van der Waals surface area contributed by atoms with Gasteiger partial charge in [0.2, 0.25) is 5.89 Å². The van der Waals surface area contributed by atoms with E-state index in [4.69, 9.17) is 29.1 Å². The van der Waals surface area contributed by atoms with Crippen LogP contribution in [-0.2, 0) is 6.42 Å². The van der Waals surface area contributed by atoms with Crippen molar-refractivity contribution in [2.45, 2.75) is 6.42 Å². The van der Waals surface area contributed by atoms with Crippen LogP contribution >= 0.6 is 0 Å². The van der Waals surface area contributed by atoms with Gasteiger partial charge in [-0.1, -0.05) is 133 Å². The topological polar surface area (TPSA) is 29.3 Å². The van der Waals surface area contributed by atoms with Crippen molar-refractivity contribution >= 4 is 49.7 Å². The number of anilines is 3. The van der Waals surface area contributed by atoms with E-state index in [1.54, 1.807) is 0 Å². The van der Waals surface area contributed by atoms with Gasteiger partial charge < -0.3 is 9.32 Å². The summed E-state index contributed by atoms with van der Waals surface area (Å²) >= 11 is 0. The maximum Gasteiger partial charge on any atom is 0.227 e. The summed E-state index contributed by atoms with van der Waals surface area (Å²) in [6, 6.07) is -27.3. The molecule has 55 heavy (non-hydrogen) atoms. The minimum Gasteiger partial charge on any atom is -0.436 e. The van der Waals surface area contributed by atoms with Gasteiger partial charge >= 0.3 is 0 Å². The lowest BCUT2D eigenvalue weighted by Crippen LogP contribution is -2.12. The van der Waals surface area contributed by atoms with Crippen LogP contribution < -0.4 is 4.90 Å². The molecule has 0 N–H and O–H groups in total.